The van der Waals surface area contributed by atoms with Crippen LogP contribution in [0.1, 0.15) is 348 Å². The van der Waals surface area contributed by atoms with Gasteiger partial charge in [-0.1, -0.05) is 331 Å². The zero-order chi connectivity index (χ0) is 59.8. The third-order valence-corrected chi connectivity index (χ3v) is 17.2. The third-order valence-electron chi connectivity index (χ3n) is 16.2. The van der Waals surface area contributed by atoms with Crippen molar-refractivity contribution < 1.29 is 32.9 Å². The van der Waals surface area contributed by atoms with Crippen LogP contribution in [0.2, 0.25) is 0 Å². The minimum atomic E-state index is -4.61. The largest absolute Gasteiger partial charge is 0.756 e. The number of nitrogens with zero attached hydrogens (tertiary/aromatic N) is 1. The average molecular weight is 1170 g/mol. The second kappa shape index (κ2) is 63.7. The Balaban J connectivity index is 4.07. The molecule has 0 radical (unpaired) electrons. The number of unbranched alkanes of at least 4 members (excludes halogenated alkanes) is 45. The first-order valence-electron chi connectivity index (χ1n) is 35.7. The van der Waals surface area contributed by atoms with Gasteiger partial charge < -0.3 is 28.8 Å². The van der Waals surface area contributed by atoms with Crippen LogP contribution in [-0.2, 0) is 18.4 Å². The monoisotopic (exact) mass is 1170 g/mol. The fourth-order valence-corrected chi connectivity index (χ4v) is 11.4. The average Bonchev–Trinajstić information content (AvgIpc) is 3.47. The first-order chi connectivity index (χ1) is 40.0. The molecule has 0 spiro atoms. The van der Waals surface area contributed by atoms with Gasteiger partial charge in [0, 0.05) is 6.42 Å². The molecule has 9 heteroatoms. The number of likely N-dealkylation sites (N-methyl/N-ethyl adjacent to an activating group) is 1. The third kappa shape index (κ3) is 65.7. The molecule has 0 aliphatic carbocycles. The van der Waals surface area contributed by atoms with E-state index in [9.17, 15) is 19.4 Å². The summed E-state index contributed by atoms with van der Waals surface area (Å²) in [7, 11) is 1.25. The van der Waals surface area contributed by atoms with Crippen LogP contribution < -0.4 is 10.2 Å². The summed E-state index contributed by atoms with van der Waals surface area (Å²) in [4.78, 5) is 25.6. The lowest BCUT2D eigenvalue weighted by molar-refractivity contribution is -0.870. The maximum Gasteiger partial charge on any atom is 0.268 e. The molecule has 8 nitrogen and oxygen atoms in total. The SMILES string of the molecule is CCCCCCC/C=C\C/C=C\C/C=C\CCCCCCCCCCCCCCCCCCCCC(=O)NC(COP(=O)([O-])OCC[N+](C)(C)C)C(O)/C=C/CC/C=C/CCCCCCCCCCCCCCCCCCCCCCC. The molecule has 0 saturated carbocycles. The molecule has 0 aliphatic heterocycles. The summed E-state index contributed by atoms with van der Waals surface area (Å²) in [6.07, 6.45) is 87.8. The molecule has 3 atom stereocenters. The molecule has 0 aromatic heterocycles. The van der Waals surface area contributed by atoms with Crippen LogP contribution in [0.3, 0.4) is 0 Å². The lowest BCUT2D eigenvalue weighted by atomic mass is 10.0. The smallest absolute Gasteiger partial charge is 0.268 e. The Morgan fingerprint density at radius 2 is 0.720 bits per heavy atom. The molecule has 482 valence electrons. The number of amides is 1. The number of carbonyl (C=O) groups is 1. The van der Waals surface area contributed by atoms with Gasteiger partial charge in [-0.2, -0.15) is 0 Å². The normalized spacial score (nSPS) is 14.0. The van der Waals surface area contributed by atoms with Crippen molar-refractivity contribution in [2.75, 3.05) is 40.9 Å². The number of rotatable bonds is 66. The first kappa shape index (κ1) is 80.2. The highest BCUT2D eigenvalue weighted by molar-refractivity contribution is 7.45. The molecule has 3 unspecified atom stereocenters. The molecule has 0 aromatic carbocycles. The molecule has 0 rings (SSSR count). The van der Waals surface area contributed by atoms with Gasteiger partial charge in [0.05, 0.1) is 39.9 Å². The van der Waals surface area contributed by atoms with Crippen LogP contribution in [-0.4, -0.2) is 68.5 Å². The molecular formula is C73H139N2O6P. The molecule has 2 N–H and O–H groups in total. The van der Waals surface area contributed by atoms with Gasteiger partial charge in [-0.05, 0) is 70.6 Å². The maximum absolute atomic E-state index is 13.0. The number of carbonyl (C=O) groups excluding carboxylic acids is 1. The summed E-state index contributed by atoms with van der Waals surface area (Å²) < 4.78 is 23.4. The van der Waals surface area contributed by atoms with Gasteiger partial charge in [0.15, 0.2) is 0 Å². The van der Waals surface area contributed by atoms with Crippen molar-refractivity contribution in [3.63, 3.8) is 0 Å². The molecule has 0 aromatic rings. The quantitative estimate of drug-likeness (QED) is 0.0272. The Bertz CT molecular complexity index is 1520. The number of hydrogen-bond donors (Lipinski definition) is 2. The van der Waals surface area contributed by atoms with Crippen molar-refractivity contribution in [2.24, 2.45) is 0 Å². The summed E-state index contributed by atoms with van der Waals surface area (Å²) in [6.45, 7) is 4.66. The van der Waals surface area contributed by atoms with Crippen molar-refractivity contribution in [1.29, 1.82) is 0 Å². The van der Waals surface area contributed by atoms with Crippen LogP contribution in [0.5, 0.6) is 0 Å². The van der Waals surface area contributed by atoms with E-state index in [1.807, 2.05) is 27.2 Å². The number of phosphoric ester groups is 1. The fraction of sp³-hybridized carbons (Fsp3) is 0.849. The van der Waals surface area contributed by atoms with Crippen LogP contribution in [0.25, 0.3) is 0 Å². The van der Waals surface area contributed by atoms with Crippen LogP contribution >= 0.6 is 7.82 Å². The van der Waals surface area contributed by atoms with E-state index in [2.05, 4.69) is 67.8 Å². The van der Waals surface area contributed by atoms with Gasteiger partial charge in [0.25, 0.3) is 7.82 Å². The van der Waals surface area contributed by atoms with E-state index in [0.29, 0.717) is 17.4 Å². The first-order valence-corrected chi connectivity index (χ1v) is 37.1. The molecular weight excluding hydrogens is 1030 g/mol. The number of phosphoric acid groups is 1. The standard InChI is InChI=1S/C73H139N2O6P/c1-6-8-10-12-14-16-18-20-22-24-26-28-30-32-34-35-36-37-38-39-41-43-45-47-49-51-53-55-57-59-61-63-65-67-73(77)74-71(70-81-82(78,79)80-69-68-75(3,4)5)72(76)66-64-62-60-58-56-54-52-50-48-46-44-42-40-33-31-29-27-25-23-21-19-17-15-13-11-9-7-2/h18,20,24,26,30,32,56,58,64,66,71-72,76H,6-17,19,21-23,25,27-29,31,33-55,57,59-63,65,67-70H2,1-5H3,(H-,74,77,78,79)/b20-18-,26-24-,32-30-,58-56+,66-64+. The molecule has 0 fully saturated rings. The van der Waals surface area contributed by atoms with Gasteiger partial charge in [-0.3, -0.25) is 9.36 Å². The number of hydrogen-bond acceptors (Lipinski definition) is 6. The van der Waals surface area contributed by atoms with Crippen LogP contribution in [0.4, 0.5) is 0 Å². The summed E-state index contributed by atoms with van der Waals surface area (Å²) in [5.41, 5.74) is 0. The minimum Gasteiger partial charge on any atom is -0.756 e. The Morgan fingerprint density at radius 1 is 0.427 bits per heavy atom. The van der Waals surface area contributed by atoms with Crippen LogP contribution in [0.15, 0.2) is 60.8 Å². The lowest BCUT2D eigenvalue weighted by Crippen LogP contribution is -2.45. The summed E-state index contributed by atoms with van der Waals surface area (Å²) in [6, 6.07) is -0.906. The Kier molecular flexibility index (Phi) is 62.3. The van der Waals surface area contributed by atoms with E-state index < -0.39 is 26.6 Å². The predicted molar refractivity (Wildman–Crippen MR) is 357 cm³/mol. The van der Waals surface area contributed by atoms with Gasteiger partial charge in [-0.25, -0.2) is 0 Å². The number of aliphatic hydroxyl groups excluding tert-OH is 1. The highest BCUT2D eigenvalue weighted by Crippen LogP contribution is 2.38. The summed E-state index contributed by atoms with van der Waals surface area (Å²) in [5.74, 6) is -0.202. The summed E-state index contributed by atoms with van der Waals surface area (Å²) in [5, 5.41) is 13.9. The second-order valence-corrected chi connectivity index (χ2v) is 27.0. The maximum atomic E-state index is 13.0. The molecule has 0 saturated heterocycles. The lowest BCUT2D eigenvalue weighted by Gasteiger charge is -2.29. The van der Waals surface area contributed by atoms with E-state index >= 15 is 0 Å². The molecule has 0 bridgehead atoms. The second-order valence-electron chi connectivity index (χ2n) is 25.6. The minimum absolute atomic E-state index is 0.00625. The highest BCUT2D eigenvalue weighted by Gasteiger charge is 2.23. The highest BCUT2D eigenvalue weighted by atomic mass is 31.2. The number of nitrogens with one attached hydrogen (secondary N) is 1. The fourth-order valence-electron chi connectivity index (χ4n) is 10.7. The number of quaternary nitrogens is 1. The number of aliphatic hydroxyl groups is 1. The Hall–Kier alpha value is -1.80. The Labute approximate surface area is 511 Å². The topological polar surface area (TPSA) is 108 Å². The van der Waals surface area contributed by atoms with Crippen molar-refractivity contribution >= 4 is 13.7 Å². The van der Waals surface area contributed by atoms with Crippen molar-refractivity contribution in [1.82, 2.24) is 5.32 Å². The molecule has 82 heavy (non-hydrogen) atoms. The number of allylic oxidation sites excluding steroid dienone is 9. The molecule has 1 amide bonds. The molecule has 0 heterocycles. The molecule has 0 aliphatic rings. The van der Waals surface area contributed by atoms with E-state index in [4.69, 9.17) is 9.05 Å². The van der Waals surface area contributed by atoms with Gasteiger partial charge >= 0.3 is 0 Å². The van der Waals surface area contributed by atoms with Crippen LogP contribution in [0, 0.1) is 0 Å². The summed E-state index contributed by atoms with van der Waals surface area (Å²) >= 11 is 0. The van der Waals surface area contributed by atoms with Gasteiger partial charge in [0.2, 0.25) is 5.91 Å². The van der Waals surface area contributed by atoms with Gasteiger partial charge in [0.1, 0.15) is 13.2 Å². The van der Waals surface area contributed by atoms with Crippen molar-refractivity contribution in [3.8, 4) is 0 Å². The van der Waals surface area contributed by atoms with E-state index in [1.54, 1.807) is 6.08 Å². The zero-order valence-electron chi connectivity index (χ0n) is 55.2. The van der Waals surface area contributed by atoms with Gasteiger partial charge in [-0.15, -0.1) is 0 Å². The van der Waals surface area contributed by atoms with E-state index in [1.165, 1.54) is 276 Å². The Morgan fingerprint density at radius 3 is 1.07 bits per heavy atom. The zero-order valence-corrected chi connectivity index (χ0v) is 56.1. The van der Waals surface area contributed by atoms with Crippen molar-refractivity contribution in [3.05, 3.63) is 60.8 Å². The predicted octanol–water partition coefficient (Wildman–Crippen LogP) is 22.1. The van der Waals surface area contributed by atoms with Crippen molar-refractivity contribution in [2.45, 2.75) is 360 Å². The van der Waals surface area contributed by atoms with E-state index in [0.717, 1.165) is 51.4 Å². The van der Waals surface area contributed by atoms with E-state index in [-0.39, 0.29) is 12.5 Å².